The first-order valence-corrected chi connectivity index (χ1v) is 4.98. The number of hydrogen-bond acceptors (Lipinski definition) is 2. The van der Waals surface area contributed by atoms with Crippen LogP contribution in [0.1, 0.15) is 39.5 Å². The van der Waals surface area contributed by atoms with Crippen LogP contribution in [0.25, 0.3) is 0 Å². The second kappa shape index (κ2) is 4.83. The summed E-state index contributed by atoms with van der Waals surface area (Å²) in [6.07, 6.45) is 4.50. The predicted molar refractivity (Wildman–Crippen MR) is 49.1 cm³/mol. The standard InChI is InChI=1S/C10H20O2/c1-8(2)12-7-9-3-5-10(11)6-4-9/h8-11H,3-7H2,1-2H3/t9-,10+. The molecular weight excluding hydrogens is 152 g/mol. The summed E-state index contributed by atoms with van der Waals surface area (Å²) >= 11 is 0. The van der Waals surface area contributed by atoms with Crippen molar-refractivity contribution >= 4 is 0 Å². The minimum absolute atomic E-state index is 0.0414. The van der Waals surface area contributed by atoms with Crippen molar-refractivity contribution in [1.82, 2.24) is 0 Å². The predicted octanol–water partition coefficient (Wildman–Crippen LogP) is 1.96. The maximum atomic E-state index is 9.26. The molecule has 72 valence electrons. The van der Waals surface area contributed by atoms with E-state index in [4.69, 9.17) is 4.74 Å². The van der Waals surface area contributed by atoms with Gasteiger partial charge in [-0.2, -0.15) is 0 Å². The van der Waals surface area contributed by atoms with Gasteiger partial charge in [0.25, 0.3) is 0 Å². The lowest BCUT2D eigenvalue weighted by atomic mass is 9.88. The number of hydrogen-bond donors (Lipinski definition) is 1. The quantitative estimate of drug-likeness (QED) is 0.705. The summed E-state index contributed by atoms with van der Waals surface area (Å²) < 4.78 is 5.53. The van der Waals surface area contributed by atoms with Gasteiger partial charge in [-0.15, -0.1) is 0 Å². The van der Waals surface area contributed by atoms with E-state index in [1.807, 2.05) is 0 Å². The summed E-state index contributed by atoms with van der Waals surface area (Å²) in [5.74, 6) is 0.691. The molecule has 0 saturated heterocycles. The Kier molecular flexibility index (Phi) is 4.02. The van der Waals surface area contributed by atoms with Crippen LogP contribution in [-0.4, -0.2) is 23.9 Å². The van der Waals surface area contributed by atoms with Gasteiger partial charge in [-0.1, -0.05) is 0 Å². The number of rotatable bonds is 3. The lowest BCUT2D eigenvalue weighted by molar-refractivity contribution is 0.0230. The van der Waals surface area contributed by atoms with Crippen LogP contribution < -0.4 is 0 Å². The van der Waals surface area contributed by atoms with Crippen LogP contribution in [0.5, 0.6) is 0 Å². The molecule has 0 spiro atoms. The molecule has 0 aromatic rings. The Morgan fingerprint density at radius 2 is 1.83 bits per heavy atom. The molecule has 1 saturated carbocycles. The van der Waals surface area contributed by atoms with Crippen molar-refractivity contribution in [3.63, 3.8) is 0 Å². The zero-order valence-corrected chi connectivity index (χ0v) is 8.12. The van der Waals surface area contributed by atoms with Gasteiger partial charge in [0.15, 0.2) is 0 Å². The van der Waals surface area contributed by atoms with Crippen molar-refractivity contribution in [3.8, 4) is 0 Å². The Hall–Kier alpha value is -0.0800. The summed E-state index contributed by atoms with van der Waals surface area (Å²) in [5, 5.41) is 9.26. The fraction of sp³-hybridized carbons (Fsp3) is 1.00. The van der Waals surface area contributed by atoms with E-state index in [1.54, 1.807) is 0 Å². The lowest BCUT2D eigenvalue weighted by Gasteiger charge is -2.25. The second-order valence-electron chi connectivity index (χ2n) is 4.06. The van der Waals surface area contributed by atoms with E-state index >= 15 is 0 Å². The first-order valence-electron chi connectivity index (χ1n) is 4.98. The molecule has 2 nitrogen and oxygen atoms in total. The Balaban J connectivity index is 2.09. The molecule has 0 atom stereocenters. The Morgan fingerprint density at radius 1 is 1.25 bits per heavy atom. The molecule has 1 rings (SSSR count). The molecule has 2 heteroatoms. The largest absolute Gasteiger partial charge is 0.393 e. The minimum Gasteiger partial charge on any atom is -0.393 e. The molecule has 0 aromatic heterocycles. The second-order valence-corrected chi connectivity index (χ2v) is 4.06. The van der Waals surface area contributed by atoms with Gasteiger partial charge >= 0.3 is 0 Å². The van der Waals surface area contributed by atoms with Gasteiger partial charge in [0.1, 0.15) is 0 Å². The van der Waals surface area contributed by atoms with E-state index in [0.717, 1.165) is 32.3 Å². The van der Waals surface area contributed by atoms with Crippen molar-refractivity contribution in [2.45, 2.75) is 51.7 Å². The summed E-state index contributed by atoms with van der Waals surface area (Å²) in [4.78, 5) is 0. The highest BCUT2D eigenvalue weighted by Crippen LogP contribution is 2.24. The molecule has 1 N–H and O–H groups in total. The van der Waals surface area contributed by atoms with Crippen molar-refractivity contribution in [3.05, 3.63) is 0 Å². The molecule has 0 amide bonds. The Bertz CT molecular complexity index is 115. The molecule has 12 heavy (non-hydrogen) atoms. The number of ether oxygens (including phenoxy) is 1. The van der Waals surface area contributed by atoms with Gasteiger partial charge < -0.3 is 9.84 Å². The van der Waals surface area contributed by atoms with Crippen molar-refractivity contribution < 1.29 is 9.84 Å². The van der Waals surface area contributed by atoms with E-state index in [-0.39, 0.29) is 6.10 Å². The third-order valence-electron chi connectivity index (χ3n) is 2.48. The average Bonchev–Trinajstić information content (AvgIpc) is 2.03. The van der Waals surface area contributed by atoms with Crippen molar-refractivity contribution in [2.24, 2.45) is 5.92 Å². The highest BCUT2D eigenvalue weighted by molar-refractivity contribution is 4.71. The van der Waals surface area contributed by atoms with E-state index in [1.165, 1.54) is 0 Å². The van der Waals surface area contributed by atoms with E-state index in [9.17, 15) is 5.11 Å². The molecule has 0 radical (unpaired) electrons. The Morgan fingerprint density at radius 3 is 2.33 bits per heavy atom. The first kappa shape index (κ1) is 10.0. The summed E-state index contributed by atoms with van der Waals surface area (Å²) in [6.45, 7) is 5.01. The molecule has 1 fully saturated rings. The molecule has 0 aromatic carbocycles. The van der Waals surface area contributed by atoms with E-state index in [2.05, 4.69) is 13.8 Å². The SMILES string of the molecule is CC(C)OC[C@H]1CC[C@@H](O)CC1. The average molecular weight is 172 g/mol. The third-order valence-corrected chi connectivity index (χ3v) is 2.48. The fourth-order valence-electron chi connectivity index (χ4n) is 1.64. The zero-order valence-electron chi connectivity index (χ0n) is 8.12. The lowest BCUT2D eigenvalue weighted by Crippen LogP contribution is -2.22. The molecule has 1 aliphatic carbocycles. The van der Waals surface area contributed by atoms with Gasteiger partial charge in [-0.3, -0.25) is 0 Å². The van der Waals surface area contributed by atoms with Crippen LogP contribution >= 0.6 is 0 Å². The number of aliphatic hydroxyl groups is 1. The highest BCUT2D eigenvalue weighted by atomic mass is 16.5. The molecule has 0 heterocycles. The summed E-state index contributed by atoms with van der Waals surface area (Å²) in [5.41, 5.74) is 0. The Labute approximate surface area is 74.9 Å². The molecule has 0 aliphatic heterocycles. The monoisotopic (exact) mass is 172 g/mol. The minimum atomic E-state index is -0.0414. The first-order chi connectivity index (χ1) is 5.68. The smallest absolute Gasteiger partial charge is 0.0540 e. The van der Waals surface area contributed by atoms with Gasteiger partial charge in [-0.25, -0.2) is 0 Å². The normalized spacial score (nSPS) is 31.0. The van der Waals surface area contributed by atoms with Gasteiger partial charge in [0.2, 0.25) is 0 Å². The van der Waals surface area contributed by atoms with Crippen LogP contribution in [0.4, 0.5) is 0 Å². The van der Waals surface area contributed by atoms with Crippen molar-refractivity contribution in [1.29, 1.82) is 0 Å². The topological polar surface area (TPSA) is 29.5 Å². The van der Waals surface area contributed by atoms with Gasteiger partial charge in [0.05, 0.1) is 12.2 Å². The zero-order chi connectivity index (χ0) is 8.97. The highest BCUT2D eigenvalue weighted by Gasteiger charge is 2.19. The van der Waals surface area contributed by atoms with E-state index in [0.29, 0.717) is 12.0 Å². The van der Waals surface area contributed by atoms with Gasteiger partial charge in [-0.05, 0) is 45.4 Å². The summed E-state index contributed by atoms with van der Waals surface area (Å²) in [7, 11) is 0. The maximum Gasteiger partial charge on any atom is 0.0540 e. The maximum absolute atomic E-state index is 9.26. The van der Waals surface area contributed by atoms with Crippen LogP contribution in [0, 0.1) is 5.92 Å². The van der Waals surface area contributed by atoms with Gasteiger partial charge in [0, 0.05) is 6.61 Å². The molecule has 0 bridgehead atoms. The van der Waals surface area contributed by atoms with Crippen LogP contribution in [-0.2, 0) is 4.74 Å². The third kappa shape index (κ3) is 3.55. The van der Waals surface area contributed by atoms with Crippen molar-refractivity contribution in [2.75, 3.05) is 6.61 Å². The fourth-order valence-corrected chi connectivity index (χ4v) is 1.64. The molecular formula is C10H20O2. The van der Waals surface area contributed by atoms with Crippen LogP contribution in [0.15, 0.2) is 0 Å². The molecule has 1 aliphatic rings. The molecule has 0 unspecified atom stereocenters. The number of aliphatic hydroxyl groups excluding tert-OH is 1. The van der Waals surface area contributed by atoms with Crippen LogP contribution in [0.3, 0.4) is 0 Å². The van der Waals surface area contributed by atoms with E-state index < -0.39 is 0 Å². The van der Waals surface area contributed by atoms with Crippen LogP contribution in [0.2, 0.25) is 0 Å². The summed E-state index contributed by atoms with van der Waals surface area (Å²) in [6, 6.07) is 0.